The summed E-state index contributed by atoms with van der Waals surface area (Å²) in [4.78, 5) is 24.9. The number of aromatic nitrogens is 5. The number of piperidine rings is 1. The van der Waals surface area contributed by atoms with Crippen molar-refractivity contribution in [3.8, 4) is 23.3 Å². The Morgan fingerprint density at radius 3 is 2.54 bits per heavy atom. The zero-order chi connectivity index (χ0) is 28.1. The van der Waals surface area contributed by atoms with Gasteiger partial charge in [0.05, 0.1) is 42.3 Å². The lowest BCUT2D eigenvalue weighted by Gasteiger charge is -2.23. The molecule has 3 aliphatic rings. The molecule has 0 bridgehead atoms. The molecule has 2 saturated heterocycles. The number of fused-ring (bicyclic) bond motifs is 1. The van der Waals surface area contributed by atoms with Gasteiger partial charge < -0.3 is 9.64 Å². The minimum absolute atomic E-state index is 0.118. The van der Waals surface area contributed by atoms with Gasteiger partial charge in [-0.15, -0.1) is 5.10 Å². The van der Waals surface area contributed by atoms with Gasteiger partial charge >= 0.3 is 6.09 Å². The molecule has 0 radical (unpaired) electrons. The molecule has 1 amide bonds. The number of nitriles is 2. The van der Waals surface area contributed by atoms with Crippen molar-refractivity contribution in [1.29, 1.82) is 10.5 Å². The Balaban J connectivity index is 1.04. The van der Waals surface area contributed by atoms with Crippen LogP contribution < -0.4 is 9.80 Å². The zero-order valence-corrected chi connectivity index (χ0v) is 21.6. The second-order valence-electron chi connectivity index (χ2n) is 10.5. The van der Waals surface area contributed by atoms with E-state index in [1.54, 1.807) is 59.8 Å². The Morgan fingerprint density at radius 1 is 1.05 bits per heavy atom. The number of ether oxygens (including phenoxy) is 1. The van der Waals surface area contributed by atoms with Crippen molar-refractivity contribution in [2.24, 2.45) is 11.8 Å². The molecule has 4 aromatic rings. The van der Waals surface area contributed by atoms with Gasteiger partial charge in [0.25, 0.3) is 0 Å². The van der Waals surface area contributed by atoms with Crippen LogP contribution in [0.15, 0.2) is 67.3 Å². The van der Waals surface area contributed by atoms with Crippen LogP contribution in [-0.4, -0.2) is 56.8 Å². The van der Waals surface area contributed by atoms with Crippen LogP contribution in [0.25, 0.3) is 11.1 Å². The van der Waals surface area contributed by atoms with Crippen molar-refractivity contribution in [1.82, 2.24) is 25.0 Å². The van der Waals surface area contributed by atoms with Crippen LogP contribution in [-0.2, 0) is 16.7 Å². The number of cyclic esters (lactones) is 1. The molecule has 3 atom stereocenters. The van der Waals surface area contributed by atoms with E-state index in [1.807, 2.05) is 6.07 Å². The highest BCUT2D eigenvalue weighted by molar-refractivity contribution is 5.90. The van der Waals surface area contributed by atoms with Crippen LogP contribution in [0.1, 0.15) is 11.3 Å². The highest BCUT2D eigenvalue weighted by atomic mass is 19.1. The second kappa shape index (κ2) is 9.38. The molecule has 41 heavy (non-hydrogen) atoms. The number of halogens is 1. The minimum Gasteiger partial charge on any atom is -0.442 e. The number of nitrogens with zero attached hydrogens (tertiary/aromatic N) is 9. The summed E-state index contributed by atoms with van der Waals surface area (Å²) in [7, 11) is 0. The number of carbonyl (C=O) groups excluding carboxylic acids is 1. The Hall–Kier alpha value is -5.36. The van der Waals surface area contributed by atoms with Crippen molar-refractivity contribution in [3.63, 3.8) is 0 Å². The monoisotopic (exact) mass is 547 g/mol. The SMILES string of the molecule is N#Cc1ccc(N2CC3C(C2)C3(C#N)c2ccc(-c3ccc(N4C[C@H](Cn5ccnn5)OC4=O)cc3F)cn2)nc1. The van der Waals surface area contributed by atoms with Gasteiger partial charge in [0.1, 0.15) is 29.2 Å². The normalized spacial score (nSPS) is 24.5. The third kappa shape index (κ3) is 4.03. The summed E-state index contributed by atoms with van der Waals surface area (Å²) in [5, 5.41) is 26.8. The molecular formula is C29H22FN9O2. The number of pyridine rings is 2. The van der Waals surface area contributed by atoms with E-state index in [0.29, 0.717) is 47.7 Å². The van der Waals surface area contributed by atoms with Gasteiger partial charge in [0.2, 0.25) is 0 Å². The molecule has 1 aromatic carbocycles. The summed E-state index contributed by atoms with van der Waals surface area (Å²) in [6, 6.07) is 16.3. The van der Waals surface area contributed by atoms with E-state index >= 15 is 4.39 Å². The number of amides is 1. The van der Waals surface area contributed by atoms with Crippen molar-refractivity contribution < 1.29 is 13.9 Å². The Labute approximate surface area is 234 Å². The smallest absolute Gasteiger partial charge is 0.414 e. The quantitative estimate of drug-likeness (QED) is 0.356. The molecule has 0 N–H and O–H groups in total. The van der Waals surface area contributed by atoms with Gasteiger partial charge in [-0.2, -0.15) is 10.5 Å². The molecule has 0 spiro atoms. The number of rotatable bonds is 6. The van der Waals surface area contributed by atoms with E-state index in [-0.39, 0.29) is 18.4 Å². The minimum atomic E-state index is -0.678. The number of hydrogen-bond acceptors (Lipinski definition) is 9. The fourth-order valence-corrected chi connectivity index (χ4v) is 6.13. The first-order valence-electron chi connectivity index (χ1n) is 13.1. The van der Waals surface area contributed by atoms with Gasteiger partial charge in [-0.3, -0.25) is 9.88 Å². The van der Waals surface area contributed by atoms with E-state index in [0.717, 1.165) is 5.82 Å². The fourth-order valence-electron chi connectivity index (χ4n) is 6.13. The molecule has 3 aromatic heterocycles. The maximum atomic E-state index is 15.3. The number of carbonyl (C=O) groups is 1. The predicted molar refractivity (Wildman–Crippen MR) is 143 cm³/mol. The van der Waals surface area contributed by atoms with Crippen molar-refractivity contribution in [3.05, 3.63) is 84.3 Å². The molecule has 12 heteroatoms. The van der Waals surface area contributed by atoms with Crippen LogP contribution in [0.5, 0.6) is 0 Å². The Morgan fingerprint density at radius 2 is 1.90 bits per heavy atom. The number of anilines is 2. The maximum Gasteiger partial charge on any atom is 0.414 e. The standard InChI is InChI=1S/C29H22FN9O2/c30-25-9-20(39-14-21(41-28(39)40)13-38-8-7-35-36-38)3-4-22(25)19-2-5-26(33-12-19)29(17-32)23-15-37(16-24(23)29)27-6-1-18(10-31)11-34-27/h1-9,11-12,21,23-24H,13-16H2/t21-,23?,24?,29?/m0/s1. The maximum absolute atomic E-state index is 15.3. The lowest BCUT2D eigenvalue weighted by Crippen LogP contribution is -2.30. The molecule has 11 nitrogen and oxygen atoms in total. The summed E-state index contributed by atoms with van der Waals surface area (Å²) in [6.45, 7) is 1.98. The Kier molecular flexibility index (Phi) is 5.64. The van der Waals surface area contributed by atoms with E-state index in [1.165, 1.54) is 11.0 Å². The highest BCUT2D eigenvalue weighted by Crippen LogP contribution is 2.63. The molecule has 3 fully saturated rings. The van der Waals surface area contributed by atoms with Crippen molar-refractivity contribution in [2.45, 2.75) is 18.1 Å². The van der Waals surface area contributed by atoms with Gasteiger partial charge in [-0.05, 0) is 36.4 Å². The lowest BCUT2D eigenvalue weighted by atomic mass is 9.95. The first kappa shape index (κ1) is 24.7. The van der Waals surface area contributed by atoms with E-state index in [4.69, 9.17) is 10.00 Å². The average molecular weight is 548 g/mol. The summed E-state index contributed by atoms with van der Waals surface area (Å²) in [5.74, 6) is 0.535. The first-order valence-corrected chi connectivity index (χ1v) is 13.1. The van der Waals surface area contributed by atoms with E-state index in [9.17, 15) is 10.1 Å². The third-order valence-corrected chi connectivity index (χ3v) is 8.27. The van der Waals surface area contributed by atoms with Gasteiger partial charge in [-0.25, -0.2) is 18.9 Å². The van der Waals surface area contributed by atoms with E-state index in [2.05, 4.69) is 37.3 Å². The first-order chi connectivity index (χ1) is 20.0. The van der Waals surface area contributed by atoms with E-state index < -0.39 is 23.4 Å². The van der Waals surface area contributed by atoms with Crippen molar-refractivity contribution >= 4 is 17.6 Å². The summed E-state index contributed by atoms with van der Waals surface area (Å²) in [6.07, 6.45) is 5.41. The molecule has 202 valence electrons. The summed E-state index contributed by atoms with van der Waals surface area (Å²) < 4.78 is 22.3. The third-order valence-electron chi connectivity index (χ3n) is 8.27. The number of benzene rings is 1. The molecule has 2 unspecified atom stereocenters. The van der Waals surface area contributed by atoms with Crippen LogP contribution >= 0.6 is 0 Å². The highest BCUT2D eigenvalue weighted by Gasteiger charge is 2.71. The Bertz CT molecular complexity index is 1700. The lowest BCUT2D eigenvalue weighted by molar-refractivity contribution is 0.129. The van der Waals surface area contributed by atoms with Crippen LogP contribution in [0.3, 0.4) is 0 Å². The van der Waals surface area contributed by atoms with Gasteiger partial charge in [0.15, 0.2) is 0 Å². The summed E-state index contributed by atoms with van der Waals surface area (Å²) >= 11 is 0. The molecule has 1 saturated carbocycles. The predicted octanol–water partition coefficient (Wildman–Crippen LogP) is 3.30. The molecule has 1 aliphatic carbocycles. The van der Waals surface area contributed by atoms with Crippen LogP contribution in [0.4, 0.5) is 20.7 Å². The topological polar surface area (TPSA) is 137 Å². The second-order valence-corrected chi connectivity index (χ2v) is 10.5. The van der Waals surface area contributed by atoms with Crippen LogP contribution in [0.2, 0.25) is 0 Å². The average Bonchev–Trinajstić information content (AvgIpc) is 3.50. The molecular weight excluding hydrogens is 525 g/mol. The van der Waals surface area contributed by atoms with Gasteiger partial charge in [0, 0.05) is 54.6 Å². The fraction of sp³-hybridized carbons (Fsp3) is 0.276. The summed E-state index contributed by atoms with van der Waals surface area (Å²) in [5.41, 5.74) is 1.83. The van der Waals surface area contributed by atoms with Crippen molar-refractivity contribution in [2.75, 3.05) is 29.4 Å². The molecule has 5 heterocycles. The van der Waals surface area contributed by atoms with Gasteiger partial charge in [-0.1, -0.05) is 11.3 Å². The number of hydrogen-bond donors (Lipinski definition) is 0. The zero-order valence-electron chi connectivity index (χ0n) is 21.6. The largest absolute Gasteiger partial charge is 0.442 e. The van der Waals surface area contributed by atoms with Crippen LogP contribution in [0, 0.1) is 40.3 Å². The molecule has 7 rings (SSSR count). The molecule has 2 aliphatic heterocycles.